The molecule has 0 aliphatic heterocycles. The van der Waals surface area contributed by atoms with Crippen LogP contribution in [0.4, 0.5) is 0 Å². The van der Waals surface area contributed by atoms with Crippen molar-refractivity contribution < 1.29 is 29.4 Å². The van der Waals surface area contributed by atoms with Gasteiger partial charge in [0.2, 0.25) is 5.91 Å². The van der Waals surface area contributed by atoms with Gasteiger partial charge in [-0.25, -0.2) is 10.1 Å². The van der Waals surface area contributed by atoms with Crippen molar-refractivity contribution in [2.24, 2.45) is 11.7 Å². The van der Waals surface area contributed by atoms with Crippen molar-refractivity contribution in [3.63, 3.8) is 0 Å². The van der Waals surface area contributed by atoms with E-state index in [1.807, 2.05) is 0 Å². The van der Waals surface area contributed by atoms with E-state index in [1.165, 1.54) is 49.7 Å². The molecule has 2 N–H and O–H groups in total. The number of pyridine rings is 2. The molecule has 1 amide bonds. The average Bonchev–Trinajstić information content (AvgIpc) is 3.52. The minimum absolute atomic E-state index is 0.0197. The molecule has 0 spiro atoms. The van der Waals surface area contributed by atoms with Gasteiger partial charge in [0.1, 0.15) is 17.4 Å². The molecule has 4 rings (SSSR count). The first-order valence-corrected chi connectivity index (χ1v) is 11.4. The Morgan fingerprint density at radius 3 is 2.71 bits per heavy atom. The Balaban J connectivity index is 0.000000273. The predicted molar refractivity (Wildman–Crippen MR) is 128 cm³/mol. The first-order valence-electron chi connectivity index (χ1n) is 9.74. The van der Waals surface area contributed by atoms with Crippen LogP contribution in [0.2, 0.25) is 5.15 Å². The first kappa shape index (κ1) is 27.8. The molecule has 1 aliphatic rings. The maximum absolute atomic E-state index is 11.8. The van der Waals surface area contributed by atoms with Crippen molar-refractivity contribution >= 4 is 39.8 Å². The summed E-state index contributed by atoms with van der Waals surface area (Å²) < 4.78 is 8.39. The van der Waals surface area contributed by atoms with Crippen LogP contribution in [-0.4, -0.2) is 43.7 Å². The Kier molecular flexibility index (Phi) is 11.2. The monoisotopic (exact) mass is 553 g/mol. The molecular formula is C23H18ClN5NiO4S-2. The second kappa shape index (κ2) is 14.1. The Hall–Kier alpha value is -3.41. The smallest absolute Gasteiger partial charge is 0.237 e. The largest absolute Gasteiger partial charge is 0.496 e. The van der Waals surface area contributed by atoms with Gasteiger partial charge in [0.15, 0.2) is 5.56 Å². The molecule has 0 aromatic carbocycles. The van der Waals surface area contributed by atoms with Gasteiger partial charge in [0.05, 0.1) is 19.6 Å². The zero-order valence-corrected chi connectivity index (χ0v) is 20.9. The number of methoxy groups -OCH3 is 1. The molecule has 0 bridgehead atoms. The van der Waals surface area contributed by atoms with Crippen molar-refractivity contribution in [1.29, 1.82) is 0 Å². The van der Waals surface area contributed by atoms with Crippen LogP contribution in [0.25, 0.3) is 11.1 Å². The Morgan fingerprint density at radius 1 is 1.46 bits per heavy atom. The summed E-state index contributed by atoms with van der Waals surface area (Å²) in [6.45, 7) is 2.76. The number of nitrogens with zero attached hydrogens (tertiary/aromatic N) is 4. The SMILES string of the molecule is C(#CC1CC1)c1nn[c-]s1.C=[C]=[Ni].COc1cnc(Cl)cc1-c1cn(CC(N)=O)c(=O)cc1[C-]=O. The molecule has 35 heavy (non-hydrogen) atoms. The average molecular weight is 555 g/mol. The number of hydrogen-bond donors (Lipinski definition) is 1. The number of amides is 1. The Labute approximate surface area is 217 Å². The molecule has 1 fully saturated rings. The number of aromatic nitrogens is 4. The number of ether oxygens (including phenoxy) is 1. The fourth-order valence-electron chi connectivity index (χ4n) is 2.55. The van der Waals surface area contributed by atoms with E-state index in [1.54, 1.807) is 6.29 Å². The number of carbonyl (C=O) groups excluding carboxylic acids is 2. The summed E-state index contributed by atoms with van der Waals surface area (Å²) in [6.07, 6.45) is 6.93. The van der Waals surface area contributed by atoms with Crippen LogP contribution in [0.1, 0.15) is 23.4 Å². The third-order valence-corrected chi connectivity index (χ3v) is 4.95. The molecule has 0 saturated heterocycles. The summed E-state index contributed by atoms with van der Waals surface area (Å²) in [5.41, 5.74) is 8.01. The van der Waals surface area contributed by atoms with Gasteiger partial charge in [-0.1, -0.05) is 28.7 Å². The molecule has 3 aromatic rings. The van der Waals surface area contributed by atoms with Crippen LogP contribution in [0.15, 0.2) is 35.9 Å². The van der Waals surface area contributed by atoms with Gasteiger partial charge in [-0.2, -0.15) is 0 Å². The van der Waals surface area contributed by atoms with Crippen LogP contribution in [-0.2, 0) is 31.2 Å². The van der Waals surface area contributed by atoms with Crippen LogP contribution in [0, 0.1) is 23.3 Å². The number of primary amides is 1. The van der Waals surface area contributed by atoms with Crippen LogP contribution < -0.4 is 16.0 Å². The number of carbonyl (C=O) groups is 1. The van der Waals surface area contributed by atoms with Gasteiger partial charge < -0.3 is 31.2 Å². The summed E-state index contributed by atoms with van der Waals surface area (Å²) >= 11 is 11.0. The molecule has 184 valence electrons. The van der Waals surface area contributed by atoms with E-state index in [0.717, 1.165) is 15.6 Å². The van der Waals surface area contributed by atoms with Gasteiger partial charge in [-0.15, -0.1) is 17.4 Å². The van der Waals surface area contributed by atoms with E-state index in [0.29, 0.717) is 22.8 Å². The minimum Gasteiger partial charge on any atom is -0.496 e. The van der Waals surface area contributed by atoms with Crippen molar-refractivity contribution in [2.45, 2.75) is 19.4 Å². The molecule has 9 nitrogen and oxygen atoms in total. The van der Waals surface area contributed by atoms with Crippen molar-refractivity contribution in [1.82, 2.24) is 19.7 Å². The molecular weight excluding hydrogens is 536 g/mol. The Morgan fingerprint density at radius 2 is 2.17 bits per heavy atom. The minimum atomic E-state index is -0.685. The van der Waals surface area contributed by atoms with Crippen LogP contribution in [0.5, 0.6) is 5.75 Å². The van der Waals surface area contributed by atoms with E-state index in [-0.39, 0.29) is 17.3 Å². The van der Waals surface area contributed by atoms with E-state index >= 15 is 0 Å². The Bertz CT molecular complexity index is 1340. The predicted octanol–water partition coefficient (Wildman–Crippen LogP) is 1.74. The first-order chi connectivity index (χ1) is 16.8. The van der Waals surface area contributed by atoms with E-state index in [9.17, 15) is 14.4 Å². The third-order valence-electron chi connectivity index (χ3n) is 4.19. The maximum Gasteiger partial charge on any atom is 0.237 e. The number of rotatable bonds is 5. The van der Waals surface area contributed by atoms with Gasteiger partial charge >= 0.3 is 26.3 Å². The summed E-state index contributed by atoms with van der Waals surface area (Å²) in [5.74, 6) is 6.36. The van der Waals surface area contributed by atoms with Crippen molar-refractivity contribution in [3.8, 4) is 28.7 Å². The summed E-state index contributed by atoms with van der Waals surface area (Å²) in [4.78, 5) is 37.9. The molecule has 0 radical (unpaired) electrons. The number of nitrogens with two attached hydrogens (primary N) is 1. The van der Waals surface area contributed by atoms with Gasteiger partial charge in [0.25, 0.3) is 0 Å². The fraction of sp³-hybridized carbons (Fsp3) is 0.217. The van der Waals surface area contributed by atoms with Gasteiger partial charge in [-0.05, 0) is 30.7 Å². The van der Waals surface area contributed by atoms with Crippen molar-refractivity contribution in [2.75, 3.05) is 7.11 Å². The standard InChI is InChI=1S/C14H11ClN3O4.C7H5N2S.C2H2.Ni/c1-22-11-4-17-12(15)3-9(11)10-5-18(6-13(16)20)14(21)2-8(10)7-19;1-2-6(1)3-4-7-9-8-5-10-7;1-2;/h2-5H,6H2,1H3,(H2,16,20);6H,1-2H2;1H2;/q2*-1;;. The summed E-state index contributed by atoms with van der Waals surface area (Å²) in [7, 11) is 1.43. The fourth-order valence-corrected chi connectivity index (χ4v) is 3.06. The number of halogens is 1. The normalized spacial score (nSPS) is 11.3. The van der Waals surface area contributed by atoms with E-state index in [4.69, 9.17) is 22.1 Å². The second-order valence-corrected chi connectivity index (χ2v) is 8.21. The molecule has 3 aromatic heterocycles. The zero-order chi connectivity index (χ0) is 25.8. The van der Waals surface area contributed by atoms with Crippen LogP contribution in [0.3, 0.4) is 0 Å². The molecule has 12 heteroatoms. The van der Waals surface area contributed by atoms with Crippen LogP contribution >= 0.6 is 22.9 Å². The van der Waals surface area contributed by atoms with E-state index in [2.05, 4.69) is 58.8 Å². The molecule has 3 heterocycles. The van der Waals surface area contributed by atoms with E-state index < -0.39 is 11.5 Å². The second-order valence-electron chi connectivity index (χ2n) is 6.70. The maximum atomic E-state index is 11.8. The van der Waals surface area contributed by atoms with Gasteiger partial charge in [-0.3, -0.25) is 14.7 Å². The quantitative estimate of drug-likeness (QED) is 0.220. The zero-order valence-electron chi connectivity index (χ0n) is 18.3. The third kappa shape index (κ3) is 9.04. The molecule has 0 unspecified atom stereocenters. The molecule has 1 saturated carbocycles. The summed E-state index contributed by atoms with van der Waals surface area (Å²) in [6, 6.07) is 2.55. The topological polar surface area (TPSA) is 130 Å². The molecule has 0 atom stereocenters. The van der Waals surface area contributed by atoms with Crippen molar-refractivity contribution in [3.05, 3.63) is 62.7 Å². The number of hydrogen-bond acceptors (Lipinski definition) is 8. The molecule has 1 aliphatic carbocycles. The van der Waals surface area contributed by atoms with Gasteiger partial charge in [0, 0.05) is 10.9 Å². The summed E-state index contributed by atoms with van der Waals surface area (Å²) in [5, 5.41) is 8.28.